The summed E-state index contributed by atoms with van der Waals surface area (Å²) < 4.78 is 7.46. The Morgan fingerprint density at radius 3 is 2.55 bits per heavy atom. The molecule has 22 heavy (non-hydrogen) atoms. The number of hydrogen-bond acceptors (Lipinski definition) is 3. The van der Waals surface area contributed by atoms with Crippen LogP contribution in [0.5, 0.6) is 5.75 Å². The van der Waals surface area contributed by atoms with Crippen LogP contribution in [-0.4, -0.2) is 28.4 Å². The summed E-state index contributed by atoms with van der Waals surface area (Å²) in [5.41, 5.74) is 4.24. The Morgan fingerprint density at radius 1 is 1.14 bits per heavy atom. The average Bonchev–Trinajstić information content (AvgIpc) is 2.93. The molecule has 0 saturated heterocycles. The number of ether oxygens (including phenoxy) is 1. The van der Waals surface area contributed by atoms with Crippen molar-refractivity contribution in [3.05, 3.63) is 53.9 Å². The maximum atomic E-state index is 9.02. The molecule has 1 heterocycles. The van der Waals surface area contributed by atoms with Crippen molar-refractivity contribution < 1.29 is 9.84 Å². The van der Waals surface area contributed by atoms with Gasteiger partial charge in [0, 0.05) is 24.8 Å². The van der Waals surface area contributed by atoms with Gasteiger partial charge in [0.25, 0.3) is 0 Å². The highest BCUT2D eigenvalue weighted by molar-refractivity contribution is 5.80. The summed E-state index contributed by atoms with van der Waals surface area (Å²) in [5, 5.41) is 9.02. The summed E-state index contributed by atoms with van der Waals surface area (Å²) in [6, 6.07) is 14.2. The Bertz CT molecular complexity index is 776. The molecule has 4 heteroatoms. The molecular weight excluding hydrogens is 276 g/mol. The quantitative estimate of drug-likeness (QED) is 0.787. The molecule has 3 rings (SSSR count). The number of rotatable bonds is 5. The molecular formula is C18H20N2O2. The van der Waals surface area contributed by atoms with E-state index in [-0.39, 0.29) is 6.61 Å². The molecule has 0 spiro atoms. The molecule has 0 fully saturated rings. The number of aliphatic hydroxyl groups excluding tert-OH is 1. The maximum Gasteiger partial charge on any atom is 0.121 e. The third kappa shape index (κ3) is 2.57. The van der Waals surface area contributed by atoms with E-state index in [1.54, 1.807) is 7.11 Å². The fourth-order valence-corrected chi connectivity index (χ4v) is 2.70. The van der Waals surface area contributed by atoms with Gasteiger partial charge in [0.2, 0.25) is 0 Å². The lowest BCUT2D eigenvalue weighted by atomic mass is 10.1. The molecule has 0 bridgehead atoms. The van der Waals surface area contributed by atoms with E-state index >= 15 is 0 Å². The zero-order valence-corrected chi connectivity index (χ0v) is 12.9. The first-order chi connectivity index (χ1) is 10.8. The van der Waals surface area contributed by atoms with Crippen molar-refractivity contribution in [1.82, 2.24) is 9.55 Å². The van der Waals surface area contributed by atoms with Crippen LogP contribution >= 0.6 is 0 Å². The second kappa shape index (κ2) is 6.20. The number of hydrogen-bond donors (Lipinski definition) is 1. The summed E-state index contributed by atoms with van der Waals surface area (Å²) in [7, 11) is 1.67. The van der Waals surface area contributed by atoms with Crippen LogP contribution in [0.15, 0.2) is 42.5 Å². The second-order valence-corrected chi connectivity index (χ2v) is 5.21. The molecule has 0 amide bonds. The third-order valence-electron chi connectivity index (χ3n) is 3.84. The number of methoxy groups -OCH3 is 1. The van der Waals surface area contributed by atoms with Crippen LogP contribution in [0.3, 0.4) is 0 Å². The van der Waals surface area contributed by atoms with Crippen molar-refractivity contribution in [3.63, 3.8) is 0 Å². The highest BCUT2D eigenvalue weighted by atomic mass is 16.5. The van der Waals surface area contributed by atoms with Gasteiger partial charge in [-0.3, -0.25) is 4.57 Å². The number of imidazole rings is 1. The molecule has 0 atom stereocenters. The Morgan fingerprint density at radius 2 is 1.91 bits per heavy atom. The molecule has 2 aromatic carbocycles. The van der Waals surface area contributed by atoms with Crippen LogP contribution in [0.2, 0.25) is 0 Å². The van der Waals surface area contributed by atoms with Crippen molar-refractivity contribution >= 4 is 11.0 Å². The minimum atomic E-state index is 0.174. The predicted molar refractivity (Wildman–Crippen MR) is 87.8 cm³/mol. The standard InChI is InChI=1S/C18H20N2O2/c1-3-18-19-16-12-15(22-2)8-9-17(16)20(18)14-6-4-13(5-7-14)10-11-21/h4-9,12,21H,3,10-11H2,1-2H3. The van der Waals surface area contributed by atoms with Crippen molar-refractivity contribution in [1.29, 1.82) is 0 Å². The number of benzene rings is 2. The number of aryl methyl sites for hydroxylation is 1. The maximum absolute atomic E-state index is 9.02. The van der Waals surface area contributed by atoms with Crippen LogP contribution in [0.4, 0.5) is 0 Å². The number of aliphatic hydroxyl groups is 1. The fraction of sp³-hybridized carbons (Fsp3) is 0.278. The molecule has 3 aromatic rings. The largest absolute Gasteiger partial charge is 0.497 e. The van der Waals surface area contributed by atoms with Gasteiger partial charge in [0.05, 0.1) is 18.1 Å². The highest BCUT2D eigenvalue weighted by Gasteiger charge is 2.11. The Kier molecular flexibility index (Phi) is 4.11. The van der Waals surface area contributed by atoms with E-state index in [2.05, 4.69) is 35.8 Å². The van der Waals surface area contributed by atoms with Crippen molar-refractivity contribution in [2.24, 2.45) is 0 Å². The van der Waals surface area contributed by atoms with Crippen LogP contribution in [0, 0.1) is 0 Å². The SMILES string of the molecule is CCc1nc2cc(OC)ccc2n1-c1ccc(CCO)cc1. The van der Waals surface area contributed by atoms with Crippen LogP contribution in [0.1, 0.15) is 18.3 Å². The summed E-state index contributed by atoms with van der Waals surface area (Å²) >= 11 is 0. The van der Waals surface area contributed by atoms with Gasteiger partial charge in [-0.2, -0.15) is 0 Å². The van der Waals surface area contributed by atoms with Gasteiger partial charge in [0.1, 0.15) is 11.6 Å². The molecule has 0 aliphatic rings. The third-order valence-corrected chi connectivity index (χ3v) is 3.84. The fourth-order valence-electron chi connectivity index (χ4n) is 2.70. The van der Waals surface area contributed by atoms with Crippen LogP contribution < -0.4 is 4.74 Å². The topological polar surface area (TPSA) is 47.3 Å². The lowest BCUT2D eigenvalue weighted by molar-refractivity contribution is 0.299. The minimum Gasteiger partial charge on any atom is -0.497 e. The Labute approximate surface area is 130 Å². The molecule has 1 N–H and O–H groups in total. The van der Waals surface area contributed by atoms with Gasteiger partial charge >= 0.3 is 0 Å². The van der Waals surface area contributed by atoms with Gasteiger partial charge in [-0.25, -0.2) is 4.98 Å². The van der Waals surface area contributed by atoms with Gasteiger partial charge in [-0.15, -0.1) is 0 Å². The molecule has 0 aliphatic carbocycles. The van der Waals surface area contributed by atoms with Gasteiger partial charge in [0.15, 0.2) is 0 Å². The molecule has 4 nitrogen and oxygen atoms in total. The van der Waals surface area contributed by atoms with Crippen molar-refractivity contribution in [2.45, 2.75) is 19.8 Å². The lowest BCUT2D eigenvalue weighted by Gasteiger charge is -2.09. The van der Waals surface area contributed by atoms with E-state index in [0.717, 1.165) is 40.3 Å². The van der Waals surface area contributed by atoms with Crippen LogP contribution in [0.25, 0.3) is 16.7 Å². The summed E-state index contributed by atoms with van der Waals surface area (Å²) in [6.45, 7) is 2.28. The molecule has 114 valence electrons. The zero-order valence-electron chi connectivity index (χ0n) is 12.9. The molecule has 0 aliphatic heterocycles. The average molecular weight is 296 g/mol. The van der Waals surface area contributed by atoms with E-state index in [9.17, 15) is 0 Å². The Balaban J connectivity index is 2.12. The zero-order chi connectivity index (χ0) is 15.5. The molecule has 0 radical (unpaired) electrons. The van der Waals surface area contributed by atoms with E-state index in [1.165, 1.54) is 0 Å². The number of nitrogens with zero attached hydrogens (tertiary/aromatic N) is 2. The summed E-state index contributed by atoms with van der Waals surface area (Å²) in [5.74, 6) is 1.84. The van der Waals surface area contributed by atoms with E-state index in [4.69, 9.17) is 14.8 Å². The number of fused-ring (bicyclic) bond motifs is 1. The first-order valence-electron chi connectivity index (χ1n) is 7.52. The van der Waals surface area contributed by atoms with Crippen molar-refractivity contribution in [2.75, 3.05) is 13.7 Å². The van der Waals surface area contributed by atoms with Gasteiger partial charge in [-0.1, -0.05) is 19.1 Å². The predicted octanol–water partition coefficient (Wildman–Crippen LogP) is 3.13. The van der Waals surface area contributed by atoms with E-state index in [1.807, 2.05) is 18.2 Å². The normalized spacial score (nSPS) is 11.0. The van der Waals surface area contributed by atoms with Crippen LogP contribution in [-0.2, 0) is 12.8 Å². The molecule has 1 aromatic heterocycles. The lowest BCUT2D eigenvalue weighted by Crippen LogP contribution is -2.00. The monoisotopic (exact) mass is 296 g/mol. The number of aromatic nitrogens is 2. The van der Waals surface area contributed by atoms with E-state index < -0.39 is 0 Å². The smallest absolute Gasteiger partial charge is 0.121 e. The summed E-state index contributed by atoms with van der Waals surface area (Å²) in [6.07, 6.45) is 1.54. The van der Waals surface area contributed by atoms with Gasteiger partial charge in [-0.05, 0) is 36.2 Å². The van der Waals surface area contributed by atoms with Gasteiger partial charge < -0.3 is 9.84 Å². The second-order valence-electron chi connectivity index (χ2n) is 5.21. The van der Waals surface area contributed by atoms with Crippen molar-refractivity contribution in [3.8, 4) is 11.4 Å². The minimum absolute atomic E-state index is 0.174. The first kappa shape index (κ1) is 14.6. The molecule has 0 saturated carbocycles. The summed E-state index contributed by atoms with van der Waals surface area (Å²) in [4.78, 5) is 4.72. The first-order valence-corrected chi connectivity index (χ1v) is 7.52. The highest BCUT2D eigenvalue weighted by Crippen LogP contribution is 2.25. The Hall–Kier alpha value is -2.33. The van der Waals surface area contributed by atoms with E-state index in [0.29, 0.717) is 6.42 Å². The molecule has 0 unspecified atom stereocenters.